The van der Waals surface area contributed by atoms with E-state index in [1.54, 1.807) is 0 Å². The largest absolute Gasteiger partial charge is 0.330 e. The van der Waals surface area contributed by atoms with Crippen LogP contribution in [-0.4, -0.2) is 50.5 Å². The molecule has 1 spiro atoms. The van der Waals surface area contributed by atoms with Gasteiger partial charge in [0.05, 0.1) is 5.75 Å². The molecule has 0 atom stereocenters. The fourth-order valence-corrected chi connectivity index (χ4v) is 2.44. The number of sulfonamides is 1. The molecule has 1 saturated heterocycles. The Morgan fingerprint density at radius 3 is 2.44 bits per heavy atom. The fourth-order valence-electron chi connectivity index (χ4n) is 1.81. The van der Waals surface area contributed by atoms with Gasteiger partial charge in [0.2, 0.25) is 21.8 Å². The molecule has 0 bridgehead atoms. The Bertz CT molecular complexity index is 522. The van der Waals surface area contributed by atoms with E-state index in [1.165, 1.54) is 7.05 Å². The van der Waals surface area contributed by atoms with Gasteiger partial charge in [-0.05, 0) is 19.9 Å². The van der Waals surface area contributed by atoms with Gasteiger partial charge in [-0.1, -0.05) is 0 Å². The van der Waals surface area contributed by atoms with Crippen molar-refractivity contribution in [3.8, 4) is 0 Å². The van der Waals surface area contributed by atoms with E-state index < -0.39 is 33.3 Å². The predicted molar refractivity (Wildman–Crippen MR) is 59.8 cm³/mol. The molecule has 0 aromatic heterocycles. The van der Waals surface area contributed by atoms with Crippen LogP contribution in [0.15, 0.2) is 0 Å². The first-order valence-corrected chi connectivity index (χ1v) is 7.06. The zero-order chi connectivity index (χ0) is 13.6. The molecule has 2 fully saturated rings. The summed E-state index contributed by atoms with van der Waals surface area (Å²) >= 11 is 0. The molecule has 100 valence electrons. The highest BCUT2D eigenvalue weighted by Crippen LogP contribution is 2.48. The van der Waals surface area contributed by atoms with E-state index in [4.69, 9.17) is 0 Å². The first-order chi connectivity index (χ1) is 8.32. The summed E-state index contributed by atoms with van der Waals surface area (Å²) in [6.07, 6.45) is 0.806. The molecule has 1 aliphatic carbocycles. The maximum absolute atomic E-state index is 12.0. The average Bonchev–Trinajstić information content (AvgIpc) is 3.08. The minimum Gasteiger partial charge on any atom is -0.277 e. The molecule has 1 saturated carbocycles. The Morgan fingerprint density at radius 1 is 1.33 bits per heavy atom. The first kappa shape index (κ1) is 13.0. The number of hydrogen-bond acceptors (Lipinski definition) is 5. The zero-order valence-corrected chi connectivity index (χ0v) is 10.5. The minimum atomic E-state index is -3.50. The van der Waals surface area contributed by atoms with E-state index in [9.17, 15) is 22.8 Å². The molecule has 18 heavy (non-hydrogen) atoms. The van der Waals surface area contributed by atoms with Gasteiger partial charge in [-0.25, -0.2) is 17.9 Å². The van der Waals surface area contributed by atoms with Gasteiger partial charge in [-0.2, -0.15) is 0 Å². The van der Waals surface area contributed by atoms with Gasteiger partial charge in [0.15, 0.2) is 0 Å². The second kappa shape index (κ2) is 4.02. The highest BCUT2D eigenvalue weighted by atomic mass is 32.2. The topological polar surface area (TPSA) is 113 Å². The number of rotatable bonds is 4. The highest BCUT2D eigenvalue weighted by Gasteiger charge is 2.62. The van der Waals surface area contributed by atoms with E-state index in [2.05, 4.69) is 10.0 Å². The van der Waals surface area contributed by atoms with E-state index in [1.807, 2.05) is 0 Å². The van der Waals surface area contributed by atoms with Crippen molar-refractivity contribution < 1.29 is 22.8 Å². The van der Waals surface area contributed by atoms with E-state index >= 15 is 0 Å². The van der Waals surface area contributed by atoms with Gasteiger partial charge in [0.1, 0.15) is 5.41 Å². The van der Waals surface area contributed by atoms with Crippen LogP contribution in [-0.2, 0) is 19.6 Å². The van der Waals surface area contributed by atoms with Crippen LogP contribution < -0.4 is 10.0 Å². The van der Waals surface area contributed by atoms with Gasteiger partial charge < -0.3 is 0 Å². The van der Waals surface area contributed by atoms with Crippen LogP contribution in [0.4, 0.5) is 4.79 Å². The van der Waals surface area contributed by atoms with Crippen molar-refractivity contribution in [2.45, 2.75) is 12.8 Å². The third-order valence-corrected chi connectivity index (χ3v) is 4.54. The average molecular weight is 275 g/mol. The molecule has 8 nitrogen and oxygen atoms in total. The molecular formula is C9H13N3O5S. The van der Waals surface area contributed by atoms with Crippen molar-refractivity contribution in [2.24, 2.45) is 5.41 Å². The van der Waals surface area contributed by atoms with Crippen molar-refractivity contribution in [1.29, 1.82) is 0 Å². The van der Waals surface area contributed by atoms with Gasteiger partial charge in [-0.15, -0.1) is 0 Å². The number of barbiturate groups is 1. The predicted octanol–water partition coefficient (Wildman–Crippen LogP) is -1.61. The summed E-state index contributed by atoms with van der Waals surface area (Å²) in [5, 5.41) is 2.08. The lowest BCUT2D eigenvalue weighted by molar-refractivity contribution is -0.144. The Hall–Kier alpha value is -1.48. The maximum Gasteiger partial charge on any atom is 0.330 e. The minimum absolute atomic E-state index is 0.261. The molecule has 9 heteroatoms. The molecule has 0 radical (unpaired) electrons. The molecule has 1 aliphatic heterocycles. The van der Waals surface area contributed by atoms with Crippen LogP contribution in [0, 0.1) is 5.41 Å². The standard InChI is InChI=1S/C9H13N3O5S/c1-10-18(16,17)5-4-12-7(14)9(2-3-9)6(13)11-8(12)15/h10H,2-5H2,1H3,(H,11,13,15). The maximum atomic E-state index is 12.0. The van der Waals surface area contributed by atoms with Crippen LogP contribution in [0.1, 0.15) is 12.8 Å². The van der Waals surface area contributed by atoms with Crippen molar-refractivity contribution in [3.05, 3.63) is 0 Å². The number of urea groups is 1. The van der Waals surface area contributed by atoms with Crippen molar-refractivity contribution in [2.75, 3.05) is 19.3 Å². The SMILES string of the molecule is CNS(=O)(=O)CCN1C(=O)NC(=O)C2(CC2)C1=O. The highest BCUT2D eigenvalue weighted by molar-refractivity contribution is 7.89. The smallest absolute Gasteiger partial charge is 0.277 e. The summed E-state index contributed by atoms with van der Waals surface area (Å²) < 4.78 is 24.6. The summed E-state index contributed by atoms with van der Waals surface area (Å²) in [5.41, 5.74) is -1.13. The van der Waals surface area contributed by atoms with Gasteiger partial charge >= 0.3 is 6.03 Å². The molecule has 1 heterocycles. The first-order valence-electron chi connectivity index (χ1n) is 5.41. The lowest BCUT2D eigenvalue weighted by Crippen LogP contribution is -2.60. The molecule has 0 unspecified atom stereocenters. The van der Waals surface area contributed by atoms with Crippen LogP contribution >= 0.6 is 0 Å². The summed E-state index contributed by atoms with van der Waals surface area (Å²) in [6.45, 7) is -0.261. The Kier molecular flexibility index (Phi) is 2.90. The zero-order valence-electron chi connectivity index (χ0n) is 9.73. The third-order valence-electron chi connectivity index (χ3n) is 3.20. The Labute approximate surface area is 104 Å². The summed E-state index contributed by atoms with van der Waals surface area (Å²) in [6, 6.07) is -0.853. The van der Waals surface area contributed by atoms with Crippen LogP contribution in [0.5, 0.6) is 0 Å². The van der Waals surface area contributed by atoms with Gasteiger partial charge in [0, 0.05) is 6.54 Å². The lowest BCUT2D eigenvalue weighted by atomic mass is 10.0. The number of carbonyl (C=O) groups is 3. The molecular weight excluding hydrogens is 262 g/mol. The molecule has 0 aromatic carbocycles. The fraction of sp³-hybridized carbons (Fsp3) is 0.667. The van der Waals surface area contributed by atoms with Crippen LogP contribution in [0.3, 0.4) is 0 Å². The summed E-state index contributed by atoms with van der Waals surface area (Å²) in [4.78, 5) is 35.7. The summed E-state index contributed by atoms with van der Waals surface area (Å²) in [7, 11) is -2.26. The van der Waals surface area contributed by atoms with Gasteiger partial charge in [-0.3, -0.25) is 19.8 Å². The monoisotopic (exact) mass is 275 g/mol. The number of amides is 4. The van der Waals surface area contributed by atoms with E-state index in [-0.39, 0.29) is 12.3 Å². The van der Waals surface area contributed by atoms with Crippen LogP contribution in [0.25, 0.3) is 0 Å². The van der Waals surface area contributed by atoms with Gasteiger partial charge in [0.25, 0.3) is 0 Å². The van der Waals surface area contributed by atoms with E-state index in [0.717, 1.165) is 4.90 Å². The molecule has 0 aromatic rings. The Morgan fingerprint density at radius 2 is 1.94 bits per heavy atom. The quantitative estimate of drug-likeness (QED) is 0.600. The number of nitrogens with zero attached hydrogens (tertiary/aromatic N) is 1. The molecule has 2 N–H and O–H groups in total. The van der Waals surface area contributed by atoms with E-state index in [0.29, 0.717) is 12.8 Å². The number of carbonyl (C=O) groups excluding carboxylic acids is 3. The van der Waals surface area contributed by atoms with Crippen molar-refractivity contribution in [3.63, 3.8) is 0 Å². The lowest BCUT2D eigenvalue weighted by Gasteiger charge is -2.29. The van der Waals surface area contributed by atoms with Crippen LogP contribution in [0.2, 0.25) is 0 Å². The number of nitrogens with one attached hydrogen (secondary N) is 2. The number of hydrogen-bond donors (Lipinski definition) is 2. The van der Waals surface area contributed by atoms with Crippen molar-refractivity contribution >= 4 is 27.9 Å². The third kappa shape index (κ3) is 1.99. The van der Waals surface area contributed by atoms with Crippen molar-refractivity contribution in [1.82, 2.24) is 14.9 Å². The molecule has 4 amide bonds. The number of imide groups is 2. The Balaban J connectivity index is 2.11. The molecule has 2 rings (SSSR count). The second-order valence-corrected chi connectivity index (χ2v) is 6.37. The normalized spacial score (nSPS) is 22.3. The second-order valence-electron chi connectivity index (χ2n) is 4.32. The summed E-state index contributed by atoms with van der Waals surface area (Å²) in [5.74, 6) is -1.56. The molecule has 2 aliphatic rings.